The van der Waals surface area contributed by atoms with E-state index in [0.29, 0.717) is 21.1 Å². The highest BCUT2D eigenvalue weighted by Gasteiger charge is 2.16. The molecule has 0 radical (unpaired) electrons. The van der Waals surface area contributed by atoms with E-state index in [1.807, 2.05) is 0 Å². The lowest BCUT2D eigenvalue weighted by molar-refractivity contribution is 0.102. The van der Waals surface area contributed by atoms with Crippen molar-refractivity contribution >= 4 is 45.1 Å². The minimum Gasteiger partial charge on any atom is -0.422 e. The lowest BCUT2D eigenvalue weighted by atomic mass is 10.2. The molecule has 0 aliphatic carbocycles. The number of aromatic nitrogens is 2. The molecule has 1 amide bonds. The summed E-state index contributed by atoms with van der Waals surface area (Å²) in [6, 6.07) is 14.6. The van der Waals surface area contributed by atoms with Crippen molar-refractivity contribution < 1.29 is 13.6 Å². The number of fused-ring (bicyclic) bond motifs is 1. The van der Waals surface area contributed by atoms with Crippen molar-refractivity contribution in [2.24, 2.45) is 0 Å². The molecule has 6 nitrogen and oxygen atoms in total. The molecule has 0 bridgehead atoms. The first-order valence-electron chi connectivity index (χ1n) is 8.13. The van der Waals surface area contributed by atoms with Gasteiger partial charge in [-0.15, -0.1) is 10.2 Å². The highest BCUT2D eigenvalue weighted by molar-refractivity contribution is 8.00. The maximum atomic E-state index is 12.9. The first-order chi connectivity index (χ1) is 13.6. The van der Waals surface area contributed by atoms with Crippen LogP contribution in [-0.2, 0) is 5.75 Å². The number of hydrogen-bond donors (Lipinski definition) is 1. The number of hydrogen-bond acceptors (Lipinski definition) is 7. The zero-order valence-corrected chi connectivity index (χ0v) is 15.8. The zero-order valence-electron chi connectivity index (χ0n) is 14.2. The summed E-state index contributed by atoms with van der Waals surface area (Å²) in [5.74, 6) is -0.296. The van der Waals surface area contributed by atoms with Crippen LogP contribution in [0.25, 0.3) is 11.0 Å². The van der Waals surface area contributed by atoms with Crippen molar-refractivity contribution in [2.45, 2.75) is 10.1 Å². The van der Waals surface area contributed by atoms with Crippen molar-refractivity contribution in [3.63, 3.8) is 0 Å². The average molecular weight is 413 g/mol. The maximum Gasteiger partial charge on any atom is 0.349 e. The molecule has 0 saturated heterocycles. The Labute approximate surface area is 166 Å². The van der Waals surface area contributed by atoms with E-state index < -0.39 is 11.5 Å². The summed E-state index contributed by atoms with van der Waals surface area (Å²) in [5.41, 5.74) is 0.543. The number of amides is 1. The van der Waals surface area contributed by atoms with E-state index in [1.165, 1.54) is 41.3 Å². The molecule has 4 rings (SSSR count). The zero-order chi connectivity index (χ0) is 19.5. The van der Waals surface area contributed by atoms with Gasteiger partial charge in [0.1, 0.15) is 17.0 Å². The van der Waals surface area contributed by atoms with Crippen molar-refractivity contribution in [1.82, 2.24) is 10.2 Å². The Hall–Kier alpha value is -3.04. The number of thioether (sulfide) groups is 1. The van der Waals surface area contributed by atoms with Crippen LogP contribution in [0, 0.1) is 5.82 Å². The number of nitrogens with zero attached hydrogens (tertiary/aromatic N) is 2. The van der Waals surface area contributed by atoms with Gasteiger partial charge < -0.3 is 4.42 Å². The molecule has 140 valence electrons. The van der Waals surface area contributed by atoms with Gasteiger partial charge in [0.25, 0.3) is 5.91 Å². The fraction of sp³-hybridized carbons (Fsp3) is 0.0526. The number of para-hydroxylation sites is 1. The van der Waals surface area contributed by atoms with E-state index in [9.17, 15) is 14.0 Å². The summed E-state index contributed by atoms with van der Waals surface area (Å²) >= 11 is 2.61. The number of benzene rings is 2. The van der Waals surface area contributed by atoms with Gasteiger partial charge in [0.05, 0.1) is 0 Å². The fourth-order valence-electron chi connectivity index (χ4n) is 2.43. The highest BCUT2D eigenvalue weighted by atomic mass is 32.2. The lowest BCUT2D eigenvalue weighted by Crippen LogP contribution is -2.20. The highest BCUT2D eigenvalue weighted by Crippen LogP contribution is 2.28. The second-order valence-electron chi connectivity index (χ2n) is 5.73. The Morgan fingerprint density at radius 2 is 1.93 bits per heavy atom. The summed E-state index contributed by atoms with van der Waals surface area (Å²) in [6.45, 7) is 0. The largest absolute Gasteiger partial charge is 0.422 e. The SMILES string of the molecule is O=C(Nc1nnc(SCc2ccc(F)cc2)s1)c1cc2ccccc2oc1=O. The Morgan fingerprint density at radius 3 is 2.75 bits per heavy atom. The molecule has 0 unspecified atom stereocenters. The molecule has 0 aliphatic heterocycles. The monoisotopic (exact) mass is 413 g/mol. The van der Waals surface area contributed by atoms with Gasteiger partial charge in [-0.3, -0.25) is 10.1 Å². The first kappa shape index (κ1) is 18.3. The van der Waals surface area contributed by atoms with E-state index in [0.717, 1.165) is 5.56 Å². The van der Waals surface area contributed by atoms with Crippen LogP contribution in [0.3, 0.4) is 0 Å². The molecule has 0 fully saturated rings. The van der Waals surface area contributed by atoms with E-state index in [2.05, 4.69) is 15.5 Å². The van der Waals surface area contributed by atoms with Crippen LogP contribution in [0.15, 0.2) is 68.1 Å². The van der Waals surface area contributed by atoms with Gasteiger partial charge in [-0.05, 0) is 29.8 Å². The third-order valence-electron chi connectivity index (χ3n) is 3.79. The van der Waals surface area contributed by atoms with Crippen LogP contribution >= 0.6 is 23.1 Å². The summed E-state index contributed by atoms with van der Waals surface area (Å²) in [4.78, 5) is 24.5. The van der Waals surface area contributed by atoms with Gasteiger partial charge in [0.15, 0.2) is 4.34 Å². The Balaban J connectivity index is 1.45. The van der Waals surface area contributed by atoms with Crippen LogP contribution in [-0.4, -0.2) is 16.1 Å². The van der Waals surface area contributed by atoms with E-state index in [1.54, 1.807) is 36.4 Å². The summed E-state index contributed by atoms with van der Waals surface area (Å²) in [6.07, 6.45) is 0. The van der Waals surface area contributed by atoms with Crippen molar-refractivity contribution in [2.75, 3.05) is 5.32 Å². The van der Waals surface area contributed by atoms with E-state index >= 15 is 0 Å². The molecule has 0 aliphatic rings. The number of carbonyl (C=O) groups excluding carboxylic acids is 1. The second kappa shape index (κ2) is 7.91. The third-order valence-corrected chi connectivity index (χ3v) is 5.83. The Kier molecular flexibility index (Phi) is 5.18. The minimum absolute atomic E-state index is 0.102. The molecule has 2 aromatic heterocycles. The number of nitrogens with one attached hydrogen (secondary N) is 1. The first-order valence-corrected chi connectivity index (χ1v) is 9.94. The fourth-order valence-corrected chi connectivity index (χ4v) is 4.13. The molecule has 0 spiro atoms. The maximum absolute atomic E-state index is 12.9. The number of rotatable bonds is 5. The molecular formula is C19H12FN3O3S2. The minimum atomic E-state index is -0.716. The van der Waals surface area contributed by atoms with Gasteiger partial charge in [0.2, 0.25) is 5.13 Å². The van der Waals surface area contributed by atoms with Crippen molar-refractivity contribution in [1.29, 1.82) is 0 Å². The van der Waals surface area contributed by atoms with Gasteiger partial charge in [-0.1, -0.05) is 53.4 Å². The van der Waals surface area contributed by atoms with E-state index in [-0.39, 0.29) is 16.5 Å². The molecule has 28 heavy (non-hydrogen) atoms. The van der Waals surface area contributed by atoms with Gasteiger partial charge in [0, 0.05) is 11.1 Å². The van der Waals surface area contributed by atoms with Crippen LogP contribution in [0.4, 0.5) is 9.52 Å². The predicted molar refractivity (Wildman–Crippen MR) is 106 cm³/mol. The molecule has 4 aromatic rings. The summed E-state index contributed by atoms with van der Waals surface area (Å²) < 4.78 is 18.7. The molecule has 1 N–H and O–H groups in total. The summed E-state index contributed by atoms with van der Waals surface area (Å²) in [7, 11) is 0. The van der Waals surface area contributed by atoms with Crippen molar-refractivity contribution in [3.8, 4) is 0 Å². The molecule has 0 atom stereocenters. The number of halogens is 1. The Morgan fingerprint density at radius 1 is 1.14 bits per heavy atom. The quantitative estimate of drug-likeness (QED) is 0.298. The van der Waals surface area contributed by atoms with Crippen LogP contribution < -0.4 is 10.9 Å². The normalized spacial score (nSPS) is 10.9. The number of carbonyl (C=O) groups is 1. The van der Waals surface area contributed by atoms with Gasteiger partial charge in [-0.25, -0.2) is 9.18 Å². The topological polar surface area (TPSA) is 85.1 Å². The third kappa shape index (κ3) is 4.10. The molecular weight excluding hydrogens is 401 g/mol. The van der Waals surface area contributed by atoms with Crippen LogP contribution in [0.2, 0.25) is 0 Å². The number of anilines is 1. The predicted octanol–water partition coefficient (Wildman–Crippen LogP) is 4.33. The average Bonchev–Trinajstić information content (AvgIpc) is 3.14. The summed E-state index contributed by atoms with van der Waals surface area (Å²) in [5, 5.41) is 11.4. The second-order valence-corrected chi connectivity index (χ2v) is 7.93. The van der Waals surface area contributed by atoms with Crippen LogP contribution in [0.1, 0.15) is 15.9 Å². The van der Waals surface area contributed by atoms with Crippen molar-refractivity contribution in [3.05, 3.63) is 82.0 Å². The molecule has 2 aromatic carbocycles. The standard InChI is InChI=1S/C19H12FN3O3S2/c20-13-7-5-11(6-8-13)10-27-19-23-22-18(28-19)21-16(24)14-9-12-3-1-2-4-15(12)26-17(14)25/h1-9H,10H2,(H,21,22,24). The molecule has 0 saturated carbocycles. The Bertz CT molecular complexity index is 1210. The lowest BCUT2D eigenvalue weighted by Gasteiger charge is -2.01. The molecule has 9 heteroatoms. The molecule has 2 heterocycles. The smallest absolute Gasteiger partial charge is 0.349 e. The van der Waals surface area contributed by atoms with Crippen LogP contribution in [0.5, 0.6) is 0 Å². The van der Waals surface area contributed by atoms with Gasteiger partial charge in [-0.2, -0.15) is 0 Å². The van der Waals surface area contributed by atoms with E-state index in [4.69, 9.17) is 4.42 Å². The van der Waals surface area contributed by atoms with Gasteiger partial charge >= 0.3 is 5.63 Å².